The molecule has 3 aliphatic heterocycles. The third-order valence-corrected chi connectivity index (χ3v) is 20.4. The molecular weight excluding hydrogens is 719 g/mol. The molecule has 0 bridgehead atoms. The molecule has 3 saturated heterocycles. The average molecular weight is 735 g/mol. The molecule has 4 unspecified atom stereocenters. The van der Waals surface area contributed by atoms with E-state index >= 15 is 0 Å². The maximum atomic E-state index is 2.43. The first-order valence-corrected chi connectivity index (χ1v) is 16.9. The van der Waals surface area contributed by atoms with Gasteiger partial charge in [-0.1, -0.05) is 0 Å². The van der Waals surface area contributed by atoms with Crippen molar-refractivity contribution in [2.75, 3.05) is 11.5 Å². The van der Waals surface area contributed by atoms with Crippen molar-refractivity contribution < 1.29 is 0 Å². The molecule has 0 nitrogen and oxygen atoms in total. The van der Waals surface area contributed by atoms with E-state index in [1.54, 1.807) is 6.99 Å². The maximum absolute atomic E-state index is 2.43. The van der Waals surface area contributed by atoms with E-state index in [9.17, 15) is 0 Å². The van der Waals surface area contributed by atoms with Crippen molar-refractivity contribution in [3.8, 4) is 0 Å². The van der Waals surface area contributed by atoms with E-state index < -0.39 is 0 Å². The minimum absolute atomic E-state index is 0.327. The van der Waals surface area contributed by atoms with Gasteiger partial charge in [0.1, 0.15) is 0 Å². The van der Waals surface area contributed by atoms with Crippen LogP contribution in [0.1, 0.15) is 12.8 Å². The van der Waals surface area contributed by atoms with Crippen molar-refractivity contribution in [3.05, 3.63) is 0 Å². The minimum atomic E-state index is 0.327. The third-order valence-electron chi connectivity index (χ3n) is 3.39. The van der Waals surface area contributed by atoms with Gasteiger partial charge >= 0.3 is 168 Å². The van der Waals surface area contributed by atoms with Crippen molar-refractivity contribution in [2.24, 2.45) is 5.92 Å². The first-order chi connectivity index (χ1) is 8.74. The second-order valence-electron chi connectivity index (χ2n) is 4.93. The predicted octanol–water partition coefficient (Wildman–Crippen LogP) is 1.30. The standard InChI is InChI=1S/C12H16S2Te4/c15-10(1-7-3-13-7)9-5-17-6-18-12(9)11(16)2-8-4-14-8/h7-9,12H,1-6H2. The predicted molar refractivity (Wildman–Crippen MR) is 91.6 cm³/mol. The number of hydrogen-bond donors (Lipinski definition) is 0. The van der Waals surface area contributed by atoms with Crippen molar-refractivity contribution in [1.82, 2.24) is 0 Å². The summed E-state index contributed by atoms with van der Waals surface area (Å²) in [5.74, 6) is 3.96. The van der Waals surface area contributed by atoms with Gasteiger partial charge in [0.05, 0.1) is 0 Å². The molecule has 0 aromatic carbocycles. The summed E-state index contributed by atoms with van der Waals surface area (Å²) >= 11 is 9.96. The molecule has 18 heavy (non-hydrogen) atoms. The topological polar surface area (TPSA) is 0 Å². The summed E-state index contributed by atoms with van der Waals surface area (Å²) in [6, 6.07) is 0. The Bertz CT molecular complexity index is 318. The van der Waals surface area contributed by atoms with Gasteiger partial charge in [-0.2, -0.15) is 0 Å². The molecule has 0 spiro atoms. The molecule has 100 valence electrons. The van der Waals surface area contributed by atoms with Crippen LogP contribution in [0.5, 0.6) is 0 Å². The molecule has 0 aliphatic carbocycles. The molecule has 3 heterocycles. The molecule has 0 saturated carbocycles. The molecule has 4 atom stereocenters. The summed E-state index contributed by atoms with van der Waals surface area (Å²) in [4.78, 5) is 0. The van der Waals surface area contributed by atoms with Crippen molar-refractivity contribution in [1.29, 1.82) is 0 Å². The Morgan fingerprint density at radius 3 is 2.28 bits per heavy atom. The normalized spacial score (nSPS) is 38.2. The monoisotopic (exact) mass is 744 g/mol. The zero-order valence-corrected chi connectivity index (χ0v) is 21.0. The van der Waals surface area contributed by atoms with Crippen molar-refractivity contribution >= 4 is 116 Å². The first kappa shape index (κ1) is 16.5. The second-order valence-corrected chi connectivity index (χ2v) is 20.3. The van der Waals surface area contributed by atoms with E-state index in [1.807, 2.05) is 7.10 Å². The summed E-state index contributed by atoms with van der Waals surface area (Å²) < 4.78 is 8.31. The van der Waals surface area contributed by atoms with Gasteiger partial charge in [-0.25, -0.2) is 0 Å². The Morgan fingerprint density at radius 1 is 1.06 bits per heavy atom. The SMILES string of the molecule is [Te]=C(CC1CS1)C1C[Te]C[Te]C1C(=[Te])CC1CS1. The van der Waals surface area contributed by atoms with E-state index in [1.165, 1.54) is 24.3 Å². The molecule has 0 aromatic rings. The van der Waals surface area contributed by atoms with Crippen molar-refractivity contribution in [2.45, 2.75) is 34.3 Å². The molecule has 3 aliphatic rings. The van der Waals surface area contributed by atoms with Gasteiger partial charge in [0, 0.05) is 0 Å². The van der Waals surface area contributed by atoms with Crippen LogP contribution in [0.3, 0.4) is 0 Å². The van der Waals surface area contributed by atoms with Crippen LogP contribution in [0.25, 0.3) is 0 Å². The summed E-state index contributed by atoms with van der Waals surface area (Å²) in [5.41, 5.74) is 0. The Morgan fingerprint density at radius 2 is 1.67 bits per heavy atom. The van der Waals surface area contributed by atoms with Crippen LogP contribution in [-0.4, -0.2) is 115 Å². The molecule has 0 amide bonds. The van der Waals surface area contributed by atoms with Crippen LogP contribution >= 0.6 is 23.5 Å². The zero-order chi connectivity index (χ0) is 12.5. The van der Waals surface area contributed by atoms with Gasteiger partial charge in [0.25, 0.3) is 0 Å². The number of thioether (sulfide) groups is 2. The van der Waals surface area contributed by atoms with Gasteiger partial charge in [0.15, 0.2) is 0 Å². The van der Waals surface area contributed by atoms with Crippen LogP contribution in [-0.2, 0) is 0 Å². The van der Waals surface area contributed by atoms with Crippen LogP contribution in [0.4, 0.5) is 0 Å². The van der Waals surface area contributed by atoms with E-state index in [4.69, 9.17) is 0 Å². The fourth-order valence-corrected chi connectivity index (χ4v) is 22.0. The van der Waals surface area contributed by atoms with Gasteiger partial charge in [0.2, 0.25) is 0 Å². The average Bonchev–Trinajstić information content (AvgIpc) is 3.25. The van der Waals surface area contributed by atoms with Gasteiger partial charge < -0.3 is 0 Å². The van der Waals surface area contributed by atoms with Gasteiger partial charge in [-0.15, -0.1) is 0 Å². The molecular formula is C12H16S2Te4. The molecule has 3 fully saturated rings. The number of hydrogen-bond acceptors (Lipinski definition) is 2. The van der Waals surface area contributed by atoms with Gasteiger partial charge in [-0.3, -0.25) is 0 Å². The van der Waals surface area contributed by atoms with E-state index in [-0.39, 0.29) is 0 Å². The third kappa shape index (κ3) is 5.06. The molecule has 3 rings (SSSR count). The van der Waals surface area contributed by atoms with E-state index in [2.05, 4.69) is 67.2 Å². The summed E-state index contributed by atoms with van der Waals surface area (Å²) in [6.07, 6.45) is 2.93. The molecule has 0 aromatic heterocycles. The van der Waals surface area contributed by atoms with Gasteiger partial charge in [-0.05, 0) is 0 Å². The van der Waals surface area contributed by atoms with Crippen LogP contribution < -0.4 is 0 Å². The fraction of sp³-hybridized carbons (Fsp3) is 0.833. The number of rotatable bonds is 6. The summed E-state index contributed by atoms with van der Waals surface area (Å²) in [5, 5.41) is 2.05. The second kappa shape index (κ2) is 7.92. The van der Waals surface area contributed by atoms with Crippen LogP contribution in [0.2, 0.25) is 11.0 Å². The quantitative estimate of drug-likeness (QED) is 0.299. The summed E-state index contributed by atoms with van der Waals surface area (Å²) in [6.45, 7) is 0. The van der Waals surface area contributed by atoms with Crippen LogP contribution in [0.15, 0.2) is 0 Å². The molecule has 0 N–H and O–H groups in total. The Hall–Kier alpha value is 3.60. The molecule has 6 heteroatoms. The van der Waals surface area contributed by atoms with Crippen LogP contribution in [0, 0.1) is 5.92 Å². The fourth-order valence-electron chi connectivity index (χ4n) is 2.17. The summed E-state index contributed by atoms with van der Waals surface area (Å²) in [7, 11) is 0. The van der Waals surface area contributed by atoms with Crippen molar-refractivity contribution in [3.63, 3.8) is 0 Å². The van der Waals surface area contributed by atoms with E-state index in [0.717, 1.165) is 20.4 Å². The molecule has 0 radical (unpaired) electrons. The first-order valence-electron chi connectivity index (χ1n) is 6.22. The Kier molecular flexibility index (Phi) is 7.24. The Balaban J connectivity index is 1.60. The zero-order valence-electron chi connectivity index (χ0n) is 10.0. The van der Waals surface area contributed by atoms with E-state index in [0.29, 0.717) is 41.8 Å². The Labute approximate surface area is 165 Å².